The number of sulfone groups is 1. The maximum atomic E-state index is 13.9. The van der Waals surface area contributed by atoms with Crippen molar-refractivity contribution in [3.8, 4) is 0 Å². The summed E-state index contributed by atoms with van der Waals surface area (Å²) in [5.74, 6) is -2.86. The van der Waals surface area contributed by atoms with Gasteiger partial charge in [0, 0.05) is 69.0 Å². The lowest BCUT2D eigenvalue weighted by Crippen LogP contribution is -2.48. The zero-order valence-corrected chi connectivity index (χ0v) is 23.0. The topological polar surface area (TPSA) is 171 Å². The number of fused-ring (bicyclic) bond motifs is 1. The number of nitrogens with two attached hydrogens (primary N) is 1. The first-order valence-electron chi connectivity index (χ1n) is 13.0. The first kappa shape index (κ1) is 30.3. The number of hydrogen-bond donors (Lipinski definition) is 4. The van der Waals surface area contributed by atoms with Crippen molar-refractivity contribution in [2.75, 3.05) is 63.1 Å². The summed E-state index contributed by atoms with van der Waals surface area (Å²) in [7, 11) is -3.42. The number of nitrogens with zero attached hydrogens (tertiary/aromatic N) is 4. The molecule has 3 aromatic rings. The van der Waals surface area contributed by atoms with Gasteiger partial charge in [0.05, 0.1) is 23.8 Å². The number of pyridine rings is 2. The second kappa shape index (κ2) is 12.9. The molecule has 1 amide bonds. The van der Waals surface area contributed by atoms with Crippen molar-refractivity contribution in [1.82, 2.24) is 24.8 Å². The third-order valence-corrected chi connectivity index (χ3v) is 8.70. The quantitative estimate of drug-likeness (QED) is 0.221. The van der Waals surface area contributed by atoms with Crippen molar-refractivity contribution >= 4 is 32.5 Å². The van der Waals surface area contributed by atoms with Crippen LogP contribution < -0.4 is 16.6 Å². The van der Waals surface area contributed by atoms with Crippen LogP contribution in [0.4, 0.5) is 14.5 Å². The van der Waals surface area contributed by atoms with Gasteiger partial charge in [0.15, 0.2) is 15.5 Å². The lowest BCUT2D eigenvalue weighted by molar-refractivity contribution is 0.0944. The Kier molecular flexibility index (Phi) is 9.53. The van der Waals surface area contributed by atoms with E-state index >= 15 is 0 Å². The Morgan fingerprint density at radius 3 is 2.41 bits per heavy atom. The zero-order valence-electron chi connectivity index (χ0n) is 22.2. The number of amides is 1. The minimum Gasteiger partial charge on any atom is -0.423 e. The largest absolute Gasteiger partial charge is 0.423 e. The summed E-state index contributed by atoms with van der Waals surface area (Å²) in [6.45, 7) is 3.70. The molecule has 12 nitrogen and oxygen atoms in total. The third kappa shape index (κ3) is 7.35. The van der Waals surface area contributed by atoms with Gasteiger partial charge in [-0.1, -0.05) is 6.07 Å². The smallest absolute Gasteiger partial charge is 0.299 e. The number of aliphatic hydroxyl groups excluding tert-OH is 1. The number of aryl methyl sites for hydroxylation is 1. The van der Waals surface area contributed by atoms with Crippen molar-refractivity contribution in [3.05, 3.63) is 69.1 Å². The molecule has 0 radical (unpaired) electrons. The van der Waals surface area contributed by atoms with Crippen LogP contribution in [0.5, 0.6) is 0 Å². The van der Waals surface area contributed by atoms with E-state index in [0.29, 0.717) is 24.7 Å². The normalized spacial score (nSPS) is 14.9. The van der Waals surface area contributed by atoms with Crippen molar-refractivity contribution in [2.45, 2.75) is 13.0 Å². The molecular formula is C26H32F2N6O6S. The maximum Gasteiger partial charge on any atom is 0.299 e. The molecule has 0 bridgehead atoms. The van der Waals surface area contributed by atoms with Gasteiger partial charge in [-0.15, -0.1) is 4.73 Å². The number of nitrogens with one attached hydrogen (secondary N) is 1. The average molecular weight is 595 g/mol. The van der Waals surface area contributed by atoms with E-state index in [1.54, 1.807) is 0 Å². The van der Waals surface area contributed by atoms with Crippen molar-refractivity contribution in [1.29, 1.82) is 0 Å². The summed E-state index contributed by atoms with van der Waals surface area (Å²) in [4.78, 5) is 33.7. The van der Waals surface area contributed by atoms with Crippen LogP contribution in [-0.2, 0) is 22.8 Å². The number of hydrogen-bond acceptors (Lipinski definition) is 10. The van der Waals surface area contributed by atoms with Crippen LogP contribution in [0.2, 0.25) is 0 Å². The average Bonchev–Trinajstić information content (AvgIpc) is 2.94. The molecule has 2 aromatic heterocycles. The fourth-order valence-corrected chi connectivity index (χ4v) is 5.91. The molecule has 0 unspecified atom stereocenters. The van der Waals surface area contributed by atoms with Crippen LogP contribution in [0.15, 0.2) is 35.3 Å². The predicted octanol–water partition coefficient (Wildman–Crippen LogP) is -0.00860. The second-order valence-corrected chi connectivity index (χ2v) is 12.2. The van der Waals surface area contributed by atoms with Gasteiger partial charge in [-0.25, -0.2) is 22.2 Å². The maximum absolute atomic E-state index is 13.9. The first-order chi connectivity index (χ1) is 19.5. The minimum absolute atomic E-state index is 0.0225. The van der Waals surface area contributed by atoms with Crippen LogP contribution in [0.1, 0.15) is 21.5 Å². The molecule has 222 valence electrons. The third-order valence-electron chi connectivity index (χ3n) is 7.07. The van der Waals surface area contributed by atoms with Crippen LogP contribution in [0.3, 0.4) is 0 Å². The molecule has 5 N–H and O–H groups in total. The number of anilines is 1. The Morgan fingerprint density at radius 1 is 1.07 bits per heavy atom. The van der Waals surface area contributed by atoms with Gasteiger partial charge in [0.2, 0.25) is 0 Å². The Morgan fingerprint density at radius 2 is 1.76 bits per heavy atom. The van der Waals surface area contributed by atoms with E-state index in [9.17, 15) is 32.0 Å². The summed E-state index contributed by atoms with van der Waals surface area (Å²) in [5.41, 5.74) is 4.30. The molecule has 1 fully saturated rings. The lowest BCUT2D eigenvalue weighted by atomic mass is 10.1. The fraction of sp³-hybridized carbons (Fsp3) is 0.423. The highest BCUT2D eigenvalue weighted by molar-refractivity contribution is 7.91. The molecule has 1 saturated heterocycles. The van der Waals surface area contributed by atoms with Gasteiger partial charge in [-0.2, -0.15) is 0 Å². The van der Waals surface area contributed by atoms with E-state index in [-0.39, 0.29) is 58.1 Å². The van der Waals surface area contributed by atoms with Crippen molar-refractivity contribution in [2.24, 2.45) is 0 Å². The van der Waals surface area contributed by atoms with E-state index in [1.165, 1.54) is 12.3 Å². The minimum atomic E-state index is -3.42. The molecule has 0 saturated carbocycles. The van der Waals surface area contributed by atoms with Gasteiger partial charge in [-0.05, 0) is 24.1 Å². The summed E-state index contributed by atoms with van der Waals surface area (Å²) in [5, 5.41) is 21.8. The molecule has 4 rings (SSSR count). The van der Waals surface area contributed by atoms with E-state index in [4.69, 9.17) is 10.8 Å². The second-order valence-electron chi connectivity index (χ2n) is 9.85. The number of β-amino-alcohol motifs (C(OH)–C–C–N with tert-alkyl or cyclic N) is 1. The molecule has 15 heteroatoms. The molecule has 1 aliphatic heterocycles. The Bertz CT molecular complexity index is 1590. The van der Waals surface area contributed by atoms with E-state index in [1.807, 2.05) is 0 Å². The highest BCUT2D eigenvalue weighted by Gasteiger charge is 2.23. The number of aliphatic hydroxyl groups is 1. The van der Waals surface area contributed by atoms with Crippen LogP contribution in [0, 0.1) is 11.6 Å². The molecule has 0 spiro atoms. The highest BCUT2D eigenvalue weighted by Crippen LogP contribution is 2.22. The number of aromatic nitrogens is 2. The monoisotopic (exact) mass is 594 g/mol. The van der Waals surface area contributed by atoms with E-state index in [2.05, 4.69) is 20.1 Å². The van der Waals surface area contributed by atoms with Crippen molar-refractivity contribution < 1.29 is 32.3 Å². The number of nitrogen functional groups attached to an aromatic ring is 1. The Labute approximate surface area is 234 Å². The number of rotatable bonds is 11. The van der Waals surface area contributed by atoms with Crippen LogP contribution >= 0.6 is 0 Å². The predicted molar refractivity (Wildman–Crippen MR) is 147 cm³/mol. The van der Waals surface area contributed by atoms with Gasteiger partial charge in [-0.3, -0.25) is 19.4 Å². The molecule has 0 aliphatic carbocycles. The summed E-state index contributed by atoms with van der Waals surface area (Å²) in [6, 6.07) is 4.27. The van der Waals surface area contributed by atoms with Gasteiger partial charge >= 0.3 is 0 Å². The van der Waals surface area contributed by atoms with Gasteiger partial charge in [0.1, 0.15) is 17.2 Å². The summed E-state index contributed by atoms with van der Waals surface area (Å²) in [6.07, 6.45) is 1.41. The zero-order chi connectivity index (χ0) is 29.7. The van der Waals surface area contributed by atoms with Crippen molar-refractivity contribution in [3.63, 3.8) is 0 Å². The van der Waals surface area contributed by atoms with Crippen LogP contribution in [0.25, 0.3) is 11.0 Å². The molecule has 0 atom stereocenters. The number of carbonyl (C=O) groups is 1. The highest BCUT2D eigenvalue weighted by atomic mass is 32.2. The Hall–Kier alpha value is -3.66. The molecule has 3 heterocycles. The van der Waals surface area contributed by atoms with Gasteiger partial charge < -0.3 is 21.4 Å². The lowest BCUT2D eigenvalue weighted by Gasteiger charge is -2.34. The summed E-state index contributed by atoms with van der Waals surface area (Å²) < 4.78 is 52.7. The number of piperazine rings is 1. The van der Waals surface area contributed by atoms with Crippen LogP contribution in [-0.4, -0.2) is 102 Å². The van der Waals surface area contributed by atoms with E-state index in [0.717, 1.165) is 38.3 Å². The fourth-order valence-electron chi connectivity index (χ4n) is 4.63. The number of halogens is 2. The number of benzene rings is 1. The molecule has 1 aliphatic rings. The van der Waals surface area contributed by atoms with E-state index < -0.39 is 38.5 Å². The Balaban J connectivity index is 1.44. The molecular weight excluding hydrogens is 562 g/mol. The molecule has 41 heavy (non-hydrogen) atoms. The standard InChI is InChI=1S/C26H32F2N6O6S/c27-19-2-1-18(21(28)14-19)16-31-25(36)22-23(29)20-13-17(15-30-24(20)34(38)26(22)37)3-11-41(39,40)12-9-33-6-4-32(5-7-33)8-10-35/h1-2,13-15,35,38H,3-12,16,29H2,(H,31,36). The summed E-state index contributed by atoms with van der Waals surface area (Å²) >= 11 is 0. The number of carbonyl (C=O) groups excluding carboxylic acids is 1. The van der Waals surface area contributed by atoms with Gasteiger partial charge in [0.25, 0.3) is 11.5 Å². The SMILES string of the molecule is Nc1c(C(=O)NCc2ccc(F)cc2F)c(=O)n(O)c2ncc(CCS(=O)(=O)CCN3CCN(CCO)CC3)cc12. The first-order valence-corrected chi connectivity index (χ1v) is 14.8. The molecule has 1 aromatic carbocycles.